The average Bonchev–Trinajstić information content (AvgIpc) is 3.38. The van der Waals surface area contributed by atoms with Crippen LogP contribution in [0.2, 0.25) is 0 Å². The molecule has 2 bridgehead atoms. The number of hydrogen-bond acceptors (Lipinski definition) is 9. The Morgan fingerprint density at radius 1 is 1.17 bits per heavy atom. The standard InChI is InChI=1S/C27H24F3N5O6S/c1-4-39-42(37,38)41-27(2,3)25-31-11-13(12-32-25)15-8-19-17(9-16(15)28)33-23-18-10-20(35(19)23)22-14(24(36)34-18)6-5-7-21(22)40-26(29)30/h5-9,11-12,18,20,26H,4,10H2,1-3H3,(H,34,36)/t18?,20-/m1/s1. The number of ether oxygens (including phenoxy) is 1. The Morgan fingerprint density at radius 2 is 1.90 bits per heavy atom. The number of imidazole rings is 1. The number of nitrogens with one attached hydrogen (secondary N) is 1. The molecule has 220 valence electrons. The van der Waals surface area contributed by atoms with E-state index in [1.54, 1.807) is 10.6 Å². The lowest BCUT2D eigenvalue weighted by Crippen LogP contribution is -2.29. The molecule has 15 heteroatoms. The minimum Gasteiger partial charge on any atom is -0.434 e. The van der Waals surface area contributed by atoms with E-state index in [9.17, 15) is 22.0 Å². The van der Waals surface area contributed by atoms with E-state index in [-0.39, 0.29) is 34.9 Å². The van der Waals surface area contributed by atoms with Crippen LogP contribution in [0.25, 0.3) is 22.2 Å². The summed E-state index contributed by atoms with van der Waals surface area (Å²) in [6.45, 7) is 1.18. The van der Waals surface area contributed by atoms with Crippen molar-refractivity contribution in [1.29, 1.82) is 0 Å². The molecule has 1 unspecified atom stereocenters. The van der Waals surface area contributed by atoms with Crippen molar-refractivity contribution in [1.82, 2.24) is 24.8 Å². The molecular weight excluding hydrogens is 579 g/mol. The van der Waals surface area contributed by atoms with Gasteiger partial charge >= 0.3 is 17.0 Å². The van der Waals surface area contributed by atoms with Gasteiger partial charge in [-0.15, -0.1) is 0 Å². The minimum atomic E-state index is -4.30. The van der Waals surface area contributed by atoms with Crippen LogP contribution >= 0.6 is 0 Å². The van der Waals surface area contributed by atoms with Crippen LogP contribution in [-0.2, 0) is 24.4 Å². The van der Waals surface area contributed by atoms with Crippen LogP contribution in [0.4, 0.5) is 13.2 Å². The van der Waals surface area contributed by atoms with Gasteiger partial charge in [0, 0.05) is 40.7 Å². The predicted molar refractivity (Wildman–Crippen MR) is 141 cm³/mol. The zero-order chi connectivity index (χ0) is 30.0. The lowest BCUT2D eigenvalue weighted by Gasteiger charge is -2.22. The van der Waals surface area contributed by atoms with Gasteiger partial charge in [-0.3, -0.25) is 4.79 Å². The highest BCUT2D eigenvalue weighted by Gasteiger charge is 2.42. The van der Waals surface area contributed by atoms with Gasteiger partial charge in [0.05, 0.1) is 29.7 Å². The zero-order valence-electron chi connectivity index (χ0n) is 22.5. The van der Waals surface area contributed by atoms with Crippen molar-refractivity contribution >= 4 is 27.3 Å². The molecule has 1 N–H and O–H groups in total. The van der Waals surface area contributed by atoms with E-state index in [0.29, 0.717) is 28.8 Å². The van der Waals surface area contributed by atoms with Crippen molar-refractivity contribution in [2.45, 2.75) is 51.5 Å². The lowest BCUT2D eigenvalue weighted by molar-refractivity contribution is -0.0507. The molecule has 0 saturated heterocycles. The van der Waals surface area contributed by atoms with E-state index in [2.05, 4.69) is 24.5 Å². The third-order valence-corrected chi connectivity index (χ3v) is 8.27. The van der Waals surface area contributed by atoms with Gasteiger partial charge in [-0.2, -0.15) is 17.2 Å². The number of alkyl halides is 2. The Hall–Kier alpha value is -4.08. The highest BCUT2D eigenvalue weighted by molar-refractivity contribution is 7.81. The number of fused-ring (bicyclic) bond motifs is 9. The molecule has 11 nitrogen and oxygen atoms in total. The number of carbonyl (C=O) groups is 1. The second kappa shape index (κ2) is 10.0. The number of aromatic nitrogens is 4. The number of amides is 1. The van der Waals surface area contributed by atoms with Gasteiger partial charge in [-0.25, -0.2) is 27.7 Å². The molecule has 0 fully saturated rings. The van der Waals surface area contributed by atoms with Gasteiger partial charge in [0.25, 0.3) is 5.91 Å². The molecule has 0 radical (unpaired) electrons. The molecule has 2 aromatic heterocycles. The molecule has 42 heavy (non-hydrogen) atoms. The first kappa shape index (κ1) is 28.1. The Kier molecular flexibility index (Phi) is 6.70. The van der Waals surface area contributed by atoms with Gasteiger partial charge in [0.1, 0.15) is 23.0 Å². The summed E-state index contributed by atoms with van der Waals surface area (Å²) in [7, 11) is -4.30. The zero-order valence-corrected chi connectivity index (χ0v) is 23.3. The van der Waals surface area contributed by atoms with Gasteiger partial charge in [-0.1, -0.05) is 6.07 Å². The van der Waals surface area contributed by atoms with Gasteiger partial charge in [0.15, 0.2) is 5.82 Å². The van der Waals surface area contributed by atoms with E-state index in [4.69, 9.17) is 8.92 Å². The molecule has 6 rings (SSSR count). The van der Waals surface area contributed by atoms with Crippen molar-refractivity contribution in [2.75, 3.05) is 6.61 Å². The van der Waals surface area contributed by atoms with Crippen LogP contribution in [0, 0.1) is 5.82 Å². The third-order valence-electron chi connectivity index (χ3n) is 7.13. The first-order valence-corrected chi connectivity index (χ1v) is 14.2. The second-order valence-electron chi connectivity index (χ2n) is 10.2. The number of halogens is 3. The summed E-state index contributed by atoms with van der Waals surface area (Å²) in [5.74, 6) is -0.719. The molecule has 2 aliphatic heterocycles. The SMILES string of the molecule is CCOS(=O)(=O)OC(C)(C)c1ncc(-c2cc3c(cc2F)nc2n3[C@@H]3CC2NC(=O)c2cccc(OC(F)F)c23)cn1. The molecule has 2 aliphatic rings. The maximum atomic E-state index is 15.4. The van der Waals surface area contributed by atoms with Crippen molar-refractivity contribution < 1.29 is 39.5 Å². The van der Waals surface area contributed by atoms with E-state index >= 15 is 4.39 Å². The topological polar surface area (TPSA) is 135 Å². The molecule has 0 spiro atoms. The molecule has 4 aromatic rings. The van der Waals surface area contributed by atoms with E-state index in [1.165, 1.54) is 57.4 Å². The number of benzene rings is 2. The van der Waals surface area contributed by atoms with Gasteiger partial charge < -0.3 is 14.6 Å². The smallest absolute Gasteiger partial charge is 0.400 e. The quantitative estimate of drug-likeness (QED) is 0.308. The largest absolute Gasteiger partial charge is 0.434 e. The Balaban J connectivity index is 1.42. The molecule has 2 aromatic carbocycles. The maximum Gasteiger partial charge on any atom is 0.400 e. The van der Waals surface area contributed by atoms with E-state index in [0.717, 1.165) is 0 Å². The number of rotatable bonds is 8. The normalized spacial score (nSPS) is 18.1. The van der Waals surface area contributed by atoms with E-state index < -0.39 is 46.4 Å². The second-order valence-corrected chi connectivity index (χ2v) is 11.5. The molecule has 0 aliphatic carbocycles. The summed E-state index contributed by atoms with van der Waals surface area (Å²) < 4.78 is 82.2. The molecule has 0 saturated carbocycles. The van der Waals surface area contributed by atoms with Crippen LogP contribution in [0.15, 0.2) is 42.7 Å². The predicted octanol–water partition coefficient (Wildman–Crippen LogP) is 4.54. The van der Waals surface area contributed by atoms with E-state index in [1.807, 2.05) is 0 Å². The molecule has 2 atom stereocenters. The summed E-state index contributed by atoms with van der Waals surface area (Å²) in [6.07, 6.45) is 3.00. The van der Waals surface area contributed by atoms with Crippen molar-refractivity contribution in [3.63, 3.8) is 0 Å². The third kappa shape index (κ3) is 4.76. The minimum absolute atomic E-state index is 0.0187. The van der Waals surface area contributed by atoms with Crippen molar-refractivity contribution in [3.8, 4) is 16.9 Å². The van der Waals surface area contributed by atoms with Crippen molar-refractivity contribution in [3.05, 3.63) is 71.3 Å². The number of carbonyl (C=O) groups excluding carboxylic acids is 1. The summed E-state index contributed by atoms with van der Waals surface area (Å²) >= 11 is 0. The monoisotopic (exact) mass is 603 g/mol. The first-order chi connectivity index (χ1) is 19.9. The number of hydrogen-bond donors (Lipinski definition) is 1. The Bertz CT molecular complexity index is 1830. The average molecular weight is 604 g/mol. The Labute approximate surface area is 238 Å². The van der Waals surface area contributed by atoms with Crippen LogP contribution < -0.4 is 10.1 Å². The molecule has 1 amide bonds. The Morgan fingerprint density at radius 3 is 2.60 bits per heavy atom. The van der Waals surface area contributed by atoms with Gasteiger partial charge in [-0.05, 0) is 45.4 Å². The van der Waals surface area contributed by atoms with Crippen LogP contribution in [-0.4, -0.2) is 47.1 Å². The van der Waals surface area contributed by atoms with Crippen LogP contribution in [0.1, 0.15) is 66.8 Å². The fourth-order valence-electron chi connectivity index (χ4n) is 5.49. The maximum absolute atomic E-state index is 15.4. The van der Waals surface area contributed by atoms with Crippen LogP contribution in [0.3, 0.4) is 0 Å². The fourth-order valence-corrected chi connectivity index (χ4v) is 6.41. The molecule has 4 heterocycles. The molecular formula is C27H24F3N5O6S. The summed E-state index contributed by atoms with van der Waals surface area (Å²) in [5.41, 5.74) is 0.225. The number of nitrogens with zero attached hydrogens (tertiary/aromatic N) is 4. The highest BCUT2D eigenvalue weighted by atomic mass is 32.3. The summed E-state index contributed by atoms with van der Waals surface area (Å²) in [4.78, 5) is 25.9. The summed E-state index contributed by atoms with van der Waals surface area (Å²) in [5, 5.41) is 2.89. The summed E-state index contributed by atoms with van der Waals surface area (Å²) in [6, 6.07) is 6.05. The van der Waals surface area contributed by atoms with Gasteiger partial charge in [0.2, 0.25) is 0 Å². The fraction of sp³-hybridized carbons (Fsp3) is 0.333. The van der Waals surface area contributed by atoms with Crippen molar-refractivity contribution in [2.24, 2.45) is 0 Å². The lowest BCUT2D eigenvalue weighted by atomic mass is 9.97. The first-order valence-electron chi connectivity index (χ1n) is 12.9. The van der Waals surface area contributed by atoms with Crippen LogP contribution in [0.5, 0.6) is 5.75 Å². The highest BCUT2D eigenvalue weighted by Crippen LogP contribution is 2.48.